The Kier molecular flexibility index (Phi) is 4.63. The summed E-state index contributed by atoms with van der Waals surface area (Å²) in [6, 6.07) is 18.5. The van der Waals surface area contributed by atoms with Crippen LogP contribution in [-0.4, -0.2) is 9.55 Å². The first-order valence-corrected chi connectivity index (χ1v) is 8.99. The summed E-state index contributed by atoms with van der Waals surface area (Å²) in [5.74, 6) is 0.357. The Balaban J connectivity index is 1.72. The number of benzene rings is 2. The molecule has 0 fully saturated rings. The minimum absolute atomic E-state index is 0.273. The Bertz CT molecular complexity index is 1070. The minimum atomic E-state index is -0.273. The van der Waals surface area contributed by atoms with E-state index in [9.17, 15) is 4.39 Å². The summed E-state index contributed by atoms with van der Waals surface area (Å²) in [7, 11) is 0. The molecule has 0 aliphatic carbocycles. The van der Waals surface area contributed by atoms with Crippen molar-refractivity contribution in [3.8, 4) is 5.75 Å². The van der Waals surface area contributed by atoms with Gasteiger partial charge in [0.25, 0.3) is 0 Å². The van der Waals surface area contributed by atoms with E-state index >= 15 is 0 Å². The lowest BCUT2D eigenvalue weighted by atomic mass is 10.2. The van der Waals surface area contributed by atoms with Crippen molar-refractivity contribution in [3.63, 3.8) is 0 Å². The molecule has 0 aliphatic rings. The van der Waals surface area contributed by atoms with Gasteiger partial charge < -0.3 is 9.30 Å². The highest BCUT2D eigenvalue weighted by Gasteiger charge is 2.16. The zero-order chi connectivity index (χ0) is 18.8. The number of halogens is 1. The van der Waals surface area contributed by atoms with Gasteiger partial charge in [-0.3, -0.25) is 4.98 Å². The SMILES string of the molecule is Cc1c(C)n(Cc2ccccc2)c2c(COc3ccc(F)cc3)nccc12. The number of ether oxygens (including phenoxy) is 1. The second-order valence-corrected chi connectivity index (χ2v) is 6.68. The Morgan fingerprint density at radius 3 is 2.44 bits per heavy atom. The molecule has 0 unspecified atom stereocenters. The smallest absolute Gasteiger partial charge is 0.132 e. The van der Waals surface area contributed by atoms with Crippen molar-refractivity contribution in [2.24, 2.45) is 0 Å². The van der Waals surface area contributed by atoms with Crippen molar-refractivity contribution in [1.82, 2.24) is 9.55 Å². The van der Waals surface area contributed by atoms with Gasteiger partial charge in [-0.05, 0) is 55.3 Å². The van der Waals surface area contributed by atoms with Crippen LogP contribution < -0.4 is 4.74 Å². The predicted octanol–water partition coefficient (Wildman–Crippen LogP) is 5.42. The summed E-state index contributed by atoms with van der Waals surface area (Å²) < 4.78 is 21.3. The van der Waals surface area contributed by atoms with E-state index < -0.39 is 0 Å². The summed E-state index contributed by atoms with van der Waals surface area (Å²) in [6.07, 6.45) is 1.82. The molecule has 4 heteroatoms. The zero-order valence-electron chi connectivity index (χ0n) is 15.4. The maximum absolute atomic E-state index is 13.1. The summed E-state index contributed by atoms with van der Waals surface area (Å²) in [4.78, 5) is 4.58. The maximum Gasteiger partial charge on any atom is 0.132 e. The number of rotatable bonds is 5. The number of fused-ring (bicyclic) bond motifs is 1. The van der Waals surface area contributed by atoms with Crippen molar-refractivity contribution >= 4 is 10.9 Å². The molecular weight excluding hydrogens is 339 g/mol. The van der Waals surface area contributed by atoms with Gasteiger partial charge in [0.05, 0.1) is 5.52 Å². The van der Waals surface area contributed by atoms with Crippen molar-refractivity contribution < 1.29 is 9.13 Å². The lowest BCUT2D eigenvalue weighted by Crippen LogP contribution is -2.06. The number of aromatic nitrogens is 2. The normalized spacial score (nSPS) is 11.1. The third-order valence-corrected chi connectivity index (χ3v) is 4.99. The van der Waals surface area contributed by atoms with Crippen LogP contribution in [0.4, 0.5) is 4.39 Å². The Hall–Kier alpha value is -3.14. The third-order valence-electron chi connectivity index (χ3n) is 4.99. The molecule has 2 aromatic heterocycles. The van der Waals surface area contributed by atoms with Crippen LogP contribution >= 0.6 is 0 Å². The third kappa shape index (κ3) is 3.43. The van der Waals surface area contributed by atoms with Crippen LogP contribution in [0, 0.1) is 19.7 Å². The quantitative estimate of drug-likeness (QED) is 0.475. The van der Waals surface area contributed by atoms with Crippen molar-refractivity contribution in [2.45, 2.75) is 27.0 Å². The fourth-order valence-electron chi connectivity index (χ4n) is 3.42. The van der Waals surface area contributed by atoms with E-state index in [1.165, 1.54) is 34.3 Å². The van der Waals surface area contributed by atoms with Gasteiger partial charge in [0.1, 0.15) is 23.9 Å². The summed E-state index contributed by atoms with van der Waals surface area (Å²) in [6.45, 7) is 5.40. The Morgan fingerprint density at radius 2 is 1.70 bits per heavy atom. The van der Waals surface area contributed by atoms with Crippen LogP contribution in [0.5, 0.6) is 5.75 Å². The minimum Gasteiger partial charge on any atom is -0.487 e. The average molecular weight is 360 g/mol. The zero-order valence-corrected chi connectivity index (χ0v) is 15.4. The fraction of sp³-hybridized carbons (Fsp3) is 0.174. The molecule has 0 saturated heterocycles. The topological polar surface area (TPSA) is 27.1 Å². The predicted molar refractivity (Wildman–Crippen MR) is 105 cm³/mol. The standard InChI is InChI=1S/C23H21FN2O/c1-16-17(2)26(14-18-6-4-3-5-7-18)23-21(16)12-13-25-22(23)15-27-20-10-8-19(24)9-11-20/h3-13H,14-15H2,1-2H3. The second kappa shape index (κ2) is 7.23. The van der Waals surface area contributed by atoms with E-state index in [2.05, 4.69) is 53.7 Å². The Labute approximate surface area is 158 Å². The van der Waals surface area contributed by atoms with E-state index in [0.717, 1.165) is 17.8 Å². The molecule has 0 bridgehead atoms. The van der Waals surface area contributed by atoms with E-state index in [0.29, 0.717) is 12.4 Å². The summed E-state index contributed by atoms with van der Waals surface area (Å²) in [5.41, 5.74) is 5.70. The van der Waals surface area contributed by atoms with E-state index in [4.69, 9.17) is 4.74 Å². The number of aryl methyl sites for hydroxylation is 1. The van der Waals surface area contributed by atoms with Gasteiger partial charge in [0.15, 0.2) is 0 Å². The molecule has 0 aliphatic heterocycles. The highest BCUT2D eigenvalue weighted by atomic mass is 19.1. The van der Waals surface area contributed by atoms with Crippen LogP contribution in [0.15, 0.2) is 66.9 Å². The van der Waals surface area contributed by atoms with Gasteiger partial charge >= 0.3 is 0 Å². The summed E-state index contributed by atoms with van der Waals surface area (Å²) in [5, 5.41) is 1.19. The highest BCUT2D eigenvalue weighted by Crippen LogP contribution is 2.28. The molecule has 4 rings (SSSR count). The monoisotopic (exact) mass is 360 g/mol. The Morgan fingerprint density at radius 1 is 0.963 bits per heavy atom. The lowest BCUT2D eigenvalue weighted by Gasteiger charge is -2.12. The highest BCUT2D eigenvalue weighted by molar-refractivity contribution is 5.87. The van der Waals surface area contributed by atoms with Gasteiger partial charge in [-0.25, -0.2) is 4.39 Å². The molecule has 4 aromatic rings. The first-order valence-electron chi connectivity index (χ1n) is 8.99. The molecule has 136 valence electrons. The van der Waals surface area contributed by atoms with Crippen LogP contribution in [0.25, 0.3) is 10.9 Å². The molecule has 27 heavy (non-hydrogen) atoms. The van der Waals surface area contributed by atoms with Gasteiger partial charge in [0.2, 0.25) is 0 Å². The summed E-state index contributed by atoms with van der Waals surface area (Å²) >= 11 is 0. The first-order chi connectivity index (χ1) is 13.1. The second-order valence-electron chi connectivity index (χ2n) is 6.68. The van der Waals surface area contributed by atoms with Gasteiger partial charge in [-0.15, -0.1) is 0 Å². The molecule has 0 amide bonds. The molecule has 3 nitrogen and oxygen atoms in total. The van der Waals surface area contributed by atoms with Crippen LogP contribution in [0.2, 0.25) is 0 Å². The number of nitrogens with zero attached hydrogens (tertiary/aromatic N) is 2. The average Bonchev–Trinajstić information content (AvgIpc) is 2.94. The number of hydrogen-bond donors (Lipinski definition) is 0. The fourth-order valence-corrected chi connectivity index (χ4v) is 3.42. The van der Waals surface area contributed by atoms with Crippen LogP contribution in [-0.2, 0) is 13.2 Å². The number of pyridine rings is 1. The van der Waals surface area contributed by atoms with Crippen LogP contribution in [0.3, 0.4) is 0 Å². The molecule has 0 spiro atoms. The first kappa shape index (κ1) is 17.3. The number of hydrogen-bond acceptors (Lipinski definition) is 2. The van der Waals surface area contributed by atoms with Gasteiger partial charge in [-0.2, -0.15) is 0 Å². The lowest BCUT2D eigenvalue weighted by molar-refractivity contribution is 0.302. The molecule has 2 heterocycles. The van der Waals surface area contributed by atoms with E-state index in [-0.39, 0.29) is 5.82 Å². The molecule has 0 saturated carbocycles. The van der Waals surface area contributed by atoms with E-state index in [1.807, 2.05) is 12.3 Å². The van der Waals surface area contributed by atoms with Crippen molar-refractivity contribution in [3.05, 3.63) is 95.2 Å². The molecule has 0 atom stereocenters. The molecule has 0 N–H and O–H groups in total. The van der Waals surface area contributed by atoms with Crippen molar-refractivity contribution in [1.29, 1.82) is 0 Å². The molecule has 2 aromatic carbocycles. The molecule has 0 radical (unpaired) electrons. The van der Waals surface area contributed by atoms with Gasteiger partial charge in [-0.1, -0.05) is 30.3 Å². The van der Waals surface area contributed by atoms with E-state index in [1.54, 1.807) is 12.1 Å². The maximum atomic E-state index is 13.1. The molecular formula is C23H21FN2O. The largest absolute Gasteiger partial charge is 0.487 e. The van der Waals surface area contributed by atoms with Gasteiger partial charge in [0, 0.05) is 23.8 Å². The van der Waals surface area contributed by atoms with Crippen LogP contribution in [0.1, 0.15) is 22.5 Å². The van der Waals surface area contributed by atoms with Crippen molar-refractivity contribution in [2.75, 3.05) is 0 Å².